The van der Waals surface area contributed by atoms with E-state index in [2.05, 4.69) is 28.1 Å². The van der Waals surface area contributed by atoms with Crippen molar-refractivity contribution in [3.63, 3.8) is 0 Å². The monoisotopic (exact) mass is 405 g/mol. The molecule has 0 saturated carbocycles. The van der Waals surface area contributed by atoms with Crippen LogP contribution in [0.25, 0.3) is 21.9 Å². The van der Waals surface area contributed by atoms with E-state index in [-0.39, 0.29) is 0 Å². The Hall–Kier alpha value is -3.09. The number of hydrogen-bond donors (Lipinski definition) is 2. The van der Waals surface area contributed by atoms with Gasteiger partial charge in [-0.25, -0.2) is 4.98 Å². The van der Waals surface area contributed by atoms with Crippen molar-refractivity contribution in [2.45, 2.75) is 6.10 Å². The van der Waals surface area contributed by atoms with Gasteiger partial charge >= 0.3 is 0 Å². The van der Waals surface area contributed by atoms with Crippen LogP contribution in [-0.2, 0) is 0 Å². The Balaban J connectivity index is 1.15. The van der Waals surface area contributed by atoms with Gasteiger partial charge in [0.25, 0.3) is 5.82 Å². The molecule has 2 aromatic carbocycles. The molecule has 1 saturated heterocycles. The Morgan fingerprint density at radius 1 is 1.00 bits per heavy atom. The first-order valence-electron chi connectivity index (χ1n) is 10.5. The Morgan fingerprint density at radius 3 is 2.63 bits per heavy atom. The first-order chi connectivity index (χ1) is 14.8. The number of nitrogens with one attached hydrogen (secondary N) is 2. The van der Waals surface area contributed by atoms with E-state index in [0.29, 0.717) is 13.2 Å². The minimum atomic E-state index is -0.494. The highest BCUT2D eigenvalue weighted by Crippen LogP contribution is 2.31. The summed E-state index contributed by atoms with van der Waals surface area (Å²) in [6.45, 7) is 4.96. The summed E-state index contributed by atoms with van der Waals surface area (Å²) in [6.07, 6.45) is 1.46. The number of para-hydroxylation sites is 1. The number of aliphatic hydroxyl groups is 1. The number of fused-ring (bicyclic) bond motifs is 3. The summed E-state index contributed by atoms with van der Waals surface area (Å²) in [6, 6.07) is 20.0. The van der Waals surface area contributed by atoms with E-state index in [1.165, 1.54) is 4.90 Å². The lowest BCUT2D eigenvalue weighted by Gasteiger charge is -2.29. The lowest BCUT2D eigenvalue weighted by molar-refractivity contribution is -0.903. The average Bonchev–Trinajstić information content (AvgIpc) is 3.17. The normalized spacial score (nSPS) is 16.2. The Bertz CT molecular complexity index is 1120. The van der Waals surface area contributed by atoms with E-state index < -0.39 is 6.10 Å². The summed E-state index contributed by atoms with van der Waals surface area (Å²) in [4.78, 5) is 7.06. The SMILES string of the molecule is O[C@@H](COc1ccc2oc3ccccc3c2c1)C[NH+]1CCN(c2cccc[nH+]2)CC1. The number of aliphatic hydroxyl groups excluding tert-OH is 1. The minimum Gasteiger partial charge on any atom is -0.491 e. The van der Waals surface area contributed by atoms with E-state index in [4.69, 9.17) is 9.15 Å². The number of hydrogen-bond acceptors (Lipinski definition) is 4. The number of ether oxygens (including phenoxy) is 1. The summed E-state index contributed by atoms with van der Waals surface area (Å²) in [5.74, 6) is 1.91. The number of H-pyrrole nitrogens is 1. The van der Waals surface area contributed by atoms with Crippen molar-refractivity contribution in [2.75, 3.05) is 44.2 Å². The molecule has 1 fully saturated rings. The highest BCUT2D eigenvalue weighted by molar-refractivity contribution is 6.05. The van der Waals surface area contributed by atoms with E-state index in [0.717, 1.165) is 59.7 Å². The molecule has 0 amide bonds. The van der Waals surface area contributed by atoms with Crippen molar-refractivity contribution in [3.8, 4) is 5.75 Å². The van der Waals surface area contributed by atoms with Crippen LogP contribution in [0.2, 0.25) is 0 Å². The third kappa shape index (κ3) is 3.97. The molecular formula is C24H27N3O3+2. The number of aromatic nitrogens is 1. The zero-order chi connectivity index (χ0) is 20.3. The largest absolute Gasteiger partial charge is 0.491 e. The molecule has 0 spiro atoms. The van der Waals surface area contributed by atoms with Gasteiger partial charge in [0.15, 0.2) is 0 Å². The van der Waals surface area contributed by atoms with Gasteiger partial charge in [-0.05, 0) is 30.3 Å². The van der Waals surface area contributed by atoms with Gasteiger partial charge in [-0.1, -0.05) is 24.3 Å². The second kappa shape index (κ2) is 8.34. The van der Waals surface area contributed by atoms with Crippen molar-refractivity contribution in [3.05, 3.63) is 66.9 Å². The van der Waals surface area contributed by atoms with Crippen LogP contribution in [0.5, 0.6) is 5.75 Å². The number of nitrogens with zero attached hydrogens (tertiary/aromatic N) is 1. The molecule has 3 N–H and O–H groups in total. The highest BCUT2D eigenvalue weighted by atomic mass is 16.5. The molecule has 30 heavy (non-hydrogen) atoms. The molecule has 5 rings (SSSR count). The van der Waals surface area contributed by atoms with E-state index >= 15 is 0 Å². The third-order valence-electron chi connectivity index (χ3n) is 5.82. The molecule has 1 aliphatic rings. The first kappa shape index (κ1) is 18.9. The number of rotatable bonds is 6. The standard InChI is InChI=1S/C24H25N3O3/c28-18(16-26-11-13-27(14-12-26)24-7-3-4-10-25-24)17-29-19-8-9-23-21(15-19)20-5-1-2-6-22(20)30-23/h1-10,15,18,28H,11-14,16-17H2/p+2/t18-/m1/s1. The van der Waals surface area contributed by atoms with Gasteiger partial charge < -0.3 is 19.2 Å². The van der Waals surface area contributed by atoms with Gasteiger partial charge in [0.05, 0.1) is 6.20 Å². The summed E-state index contributed by atoms with van der Waals surface area (Å²) in [5, 5.41) is 12.6. The molecule has 3 heterocycles. The summed E-state index contributed by atoms with van der Waals surface area (Å²) in [7, 11) is 0. The van der Waals surface area contributed by atoms with Crippen molar-refractivity contribution in [2.24, 2.45) is 0 Å². The maximum atomic E-state index is 10.5. The maximum Gasteiger partial charge on any atom is 0.274 e. The Morgan fingerprint density at radius 2 is 1.80 bits per heavy atom. The number of aromatic amines is 1. The minimum absolute atomic E-state index is 0.293. The number of quaternary nitrogens is 1. The van der Waals surface area contributed by atoms with Gasteiger partial charge in [0.1, 0.15) is 62.4 Å². The summed E-state index contributed by atoms with van der Waals surface area (Å²) >= 11 is 0. The van der Waals surface area contributed by atoms with Crippen molar-refractivity contribution >= 4 is 27.8 Å². The Kier molecular flexibility index (Phi) is 5.26. The summed E-state index contributed by atoms with van der Waals surface area (Å²) < 4.78 is 11.8. The molecule has 2 aromatic heterocycles. The molecule has 6 heteroatoms. The van der Waals surface area contributed by atoms with Gasteiger partial charge in [0.2, 0.25) is 0 Å². The van der Waals surface area contributed by atoms with Crippen LogP contribution >= 0.6 is 0 Å². The molecule has 0 bridgehead atoms. The number of pyridine rings is 1. The fraction of sp³-hybridized carbons (Fsp3) is 0.292. The molecule has 6 nitrogen and oxygen atoms in total. The van der Waals surface area contributed by atoms with Crippen LogP contribution in [0.4, 0.5) is 5.82 Å². The van der Waals surface area contributed by atoms with Crippen molar-refractivity contribution in [1.82, 2.24) is 0 Å². The average molecular weight is 405 g/mol. The molecule has 1 atom stereocenters. The molecule has 1 aliphatic heterocycles. The van der Waals surface area contributed by atoms with Crippen LogP contribution in [0, 0.1) is 0 Å². The maximum absolute atomic E-state index is 10.5. The van der Waals surface area contributed by atoms with Crippen molar-refractivity contribution < 1.29 is 24.1 Å². The Labute approximate surface area is 175 Å². The zero-order valence-corrected chi connectivity index (χ0v) is 16.9. The quantitative estimate of drug-likeness (QED) is 0.511. The number of benzene rings is 2. The number of furan rings is 1. The van der Waals surface area contributed by atoms with E-state index in [1.54, 1.807) is 0 Å². The van der Waals surface area contributed by atoms with E-state index in [9.17, 15) is 5.11 Å². The van der Waals surface area contributed by atoms with Gasteiger partial charge in [-0.15, -0.1) is 0 Å². The molecule has 0 aliphatic carbocycles. The molecule has 0 unspecified atom stereocenters. The van der Waals surface area contributed by atoms with Gasteiger partial charge in [0, 0.05) is 16.8 Å². The topological polar surface area (TPSA) is 64.4 Å². The zero-order valence-electron chi connectivity index (χ0n) is 16.9. The van der Waals surface area contributed by atoms with Crippen LogP contribution in [0.3, 0.4) is 0 Å². The second-order valence-electron chi connectivity index (χ2n) is 7.91. The second-order valence-corrected chi connectivity index (χ2v) is 7.91. The van der Waals surface area contributed by atoms with Crippen LogP contribution < -0.4 is 19.5 Å². The molecular weight excluding hydrogens is 378 g/mol. The summed E-state index contributed by atoms with van der Waals surface area (Å²) in [5.41, 5.74) is 1.72. The van der Waals surface area contributed by atoms with Crippen LogP contribution in [0.1, 0.15) is 0 Å². The molecule has 4 aromatic rings. The predicted molar refractivity (Wildman–Crippen MR) is 116 cm³/mol. The first-order valence-corrected chi connectivity index (χ1v) is 10.5. The lowest BCUT2D eigenvalue weighted by Crippen LogP contribution is -3.16. The lowest BCUT2D eigenvalue weighted by atomic mass is 10.1. The van der Waals surface area contributed by atoms with Gasteiger partial charge in [-0.2, -0.15) is 0 Å². The van der Waals surface area contributed by atoms with Gasteiger partial charge in [-0.3, -0.25) is 4.90 Å². The fourth-order valence-electron chi connectivity index (χ4n) is 4.23. The smallest absolute Gasteiger partial charge is 0.274 e. The predicted octanol–water partition coefficient (Wildman–Crippen LogP) is 1.54. The van der Waals surface area contributed by atoms with Crippen LogP contribution in [0.15, 0.2) is 71.3 Å². The highest BCUT2D eigenvalue weighted by Gasteiger charge is 2.27. The third-order valence-corrected chi connectivity index (χ3v) is 5.82. The van der Waals surface area contributed by atoms with Crippen molar-refractivity contribution in [1.29, 1.82) is 0 Å². The fourth-order valence-corrected chi connectivity index (χ4v) is 4.23. The van der Waals surface area contributed by atoms with E-state index in [1.807, 2.05) is 48.7 Å². The molecule has 154 valence electrons. The number of piperazine rings is 1. The number of anilines is 1. The van der Waals surface area contributed by atoms with Crippen LogP contribution in [-0.4, -0.2) is 50.5 Å². The molecule has 0 radical (unpaired) electrons.